The summed E-state index contributed by atoms with van der Waals surface area (Å²) in [5, 5.41) is 12.8. The molecule has 1 aromatic carbocycles. The van der Waals surface area contributed by atoms with Gasteiger partial charge in [-0.15, -0.1) is 0 Å². The fourth-order valence-corrected chi connectivity index (χ4v) is 6.99. The number of aryl methyl sites for hydroxylation is 1. The lowest BCUT2D eigenvalue weighted by Crippen LogP contribution is -2.39. The molecule has 192 valence electrons. The zero-order valence-electron chi connectivity index (χ0n) is 21.0. The lowest BCUT2D eigenvalue weighted by molar-refractivity contribution is 0.0404. The van der Waals surface area contributed by atoms with Gasteiger partial charge in [0.2, 0.25) is 0 Å². The lowest BCUT2D eigenvalue weighted by Gasteiger charge is -2.33. The standard InChI is InChI=1S/C29H38N4O3/c30-27-25(28(35)32-22-2-4-24(34)5-3-22)16-21(17-31-27)19-1-6-26-20(15-19)7-10-29(26)11-12-33(18-29)23-8-13-36-14-9-23/h1,6,15-17,22-24,34H,2-5,7-14,18H2,(H2,30,31)(H,32,35)/t22-,24-,29?. The van der Waals surface area contributed by atoms with E-state index in [2.05, 4.69) is 33.4 Å². The Hall–Kier alpha value is -2.48. The van der Waals surface area contributed by atoms with Crippen molar-refractivity contribution in [2.75, 3.05) is 32.0 Å². The van der Waals surface area contributed by atoms with E-state index in [1.165, 1.54) is 30.5 Å². The van der Waals surface area contributed by atoms with Crippen molar-refractivity contribution in [2.24, 2.45) is 0 Å². The molecule has 7 nitrogen and oxygen atoms in total. The van der Waals surface area contributed by atoms with Gasteiger partial charge in [0.15, 0.2) is 0 Å². The molecule has 0 bridgehead atoms. The molecule has 6 rings (SSSR count). The smallest absolute Gasteiger partial charge is 0.255 e. The van der Waals surface area contributed by atoms with E-state index in [4.69, 9.17) is 10.5 Å². The minimum absolute atomic E-state index is 0.0762. The van der Waals surface area contributed by atoms with Crippen LogP contribution >= 0.6 is 0 Å². The molecule has 1 unspecified atom stereocenters. The molecular formula is C29H38N4O3. The molecular weight excluding hydrogens is 452 g/mol. The van der Waals surface area contributed by atoms with E-state index in [-0.39, 0.29) is 29.3 Å². The number of carbonyl (C=O) groups excluding carboxylic acids is 1. The van der Waals surface area contributed by atoms with E-state index < -0.39 is 0 Å². The molecule has 1 atom stereocenters. The zero-order chi connectivity index (χ0) is 24.7. The minimum Gasteiger partial charge on any atom is -0.393 e. The number of anilines is 1. The molecule has 1 amide bonds. The van der Waals surface area contributed by atoms with Crippen LogP contribution in [0, 0.1) is 0 Å². The fourth-order valence-electron chi connectivity index (χ4n) is 6.99. The SMILES string of the molecule is Nc1ncc(-c2ccc3c(c2)CCC32CCN(C3CCOCC3)C2)cc1C(=O)N[C@H]1CC[C@H](O)CC1. The minimum atomic E-state index is -0.249. The summed E-state index contributed by atoms with van der Waals surface area (Å²) in [7, 11) is 0. The number of nitrogens with two attached hydrogens (primary N) is 1. The number of aromatic nitrogens is 1. The molecule has 3 fully saturated rings. The number of nitrogens with one attached hydrogen (secondary N) is 1. The van der Waals surface area contributed by atoms with Crippen molar-refractivity contribution in [2.45, 2.75) is 81.4 Å². The number of benzene rings is 1. The van der Waals surface area contributed by atoms with Crippen LogP contribution < -0.4 is 11.1 Å². The average molecular weight is 491 g/mol. The average Bonchev–Trinajstić information content (AvgIpc) is 3.50. The molecule has 2 aromatic rings. The van der Waals surface area contributed by atoms with Gasteiger partial charge in [0, 0.05) is 49.0 Å². The van der Waals surface area contributed by atoms with Gasteiger partial charge < -0.3 is 20.9 Å². The Labute approximate surface area is 213 Å². The van der Waals surface area contributed by atoms with Crippen LogP contribution in [-0.2, 0) is 16.6 Å². The highest BCUT2D eigenvalue weighted by Gasteiger charge is 2.45. The second-order valence-corrected chi connectivity index (χ2v) is 11.4. The van der Waals surface area contributed by atoms with Crippen molar-refractivity contribution < 1.29 is 14.6 Å². The van der Waals surface area contributed by atoms with Gasteiger partial charge in [0.25, 0.3) is 5.91 Å². The molecule has 7 heteroatoms. The summed E-state index contributed by atoms with van der Waals surface area (Å²) in [6.07, 6.45) is 10.4. The van der Waals surface area contributed by atoms with E-state index in [1.807, 2.05) is 6.07 Å². The summed E-state index contributed by atoms with van der Waals surface area (Å²) in [4.78, 5) is 20.1. The van der Waals surface area contributed by atoms with Crippen molar-refractivity contribution in [1.29, 1.82) is 0 Å². The second-order valence-electron chi connectivity index (χ2n) is 11.4. The van der Waals surface area contributed by atoms with Crippen LogP contribution in [0.25, 0.3) is 11.1 Å². The number of hydrogen-bond acceptors (Lipinski definition) is 6. The summed E-state index contributed by atoms with van der Waals surface area (Å²) < 4.78 is 5.59. The third kappa shape index (κ3) is 4.53. The molecule has 2 aliphatic carbocycles. The number of fused-ring (bicyclic) bond motifs is 2. The Morgan fingerprint density at radius 2 is 1.89 bits per heavy atom. The first kappa shape index (κ1) is 23.9. The van der Waals surface area contributed by atoms with Crippen LogP contribution in [0.15, 0.2) is 30.5 Å². The van der Waals surface area contributed by atoms with E-state index in [0.717, 1.165) is 75.8 Å². The van der Waals surface area contributed by atoms with Crippen LogP contribution in [0.1, 0.15) is 72.9 Å². The molecule has 4 N–H and O–H groups in total. The monoisotopic (exact) mass is 490 g/mol. The molecule has 1 aromatic heterocycles. The maximum atomic E-state index is 13.0. The Bertz CT molecular complexity index is 1120. The maximum absolute atomic E-state index is 13.0. The molecule has 2 saturated heterocycles. The van der Waals surface area contributed by atoms with Gasteiger partial charge in [-0.3, -0.25) is 9.69 Å². The van der Waals surface area contributed by atoms with E-state index in [1.54, 1.807) is 6.20 Å². The number of amides is 1. The molecule has 36 heavy (non-hydrogen) atoms. The quantitative estimate of drug-likeness (QED) is 0.607. The van der Waals surface area contributed by atoms with Crippen LogP contribution in [0.3, 0.4) is 0 Å². The second kappa shape index (κ2) is 9.77. The first-order valence-electron chi connectivity index (χ1n) is 13.7. The highest BCUT2D eigenvalue weighted by Crippen LogP contribution is 2.47. The Balaban J connectivity index is 1.19. The molecule has 4 aliphatic rings. The Kier molecular flexibility index (Phi) is 6.48. The molecule has 1 spiro atoms. The fraction of sp³-hybridized carbons (Fsp3) is 0.586. The number of pyridine rings is 1. The first-order valence-corrected chi connectivity index (χ1v) is 13.7. The summed E-state index contributed by atoms with van der Waals surface area (Å²) in [5.41, 5.74) is 11.8. The largest absolute Gasteiger partial charge is 0.393 e. The number of likely N-dealkylation sites (tertiary alicyclic amines) is 1. The first-order chi connectivity index (χ1) is 17.5. The highest BCUT2D eigenvalue weighted by molar-refractivity contribution is 5.99. The van der Waals surface area contributed by atoms with E-state index in [0.29, 0.717) is 11.6 Å². The van der Waals surface area contributed by atoms with Gasteiger partial charge in [0.05, 0.1) is 11.7 Å². The third-order valence-electron chi connectivity index (χ3n) is 9.17. The number of hydrogen-bond donors (Lipinski definition) is 3. The summed E-state index contributed by atoms with van der Waals surface area (Å²) >= 11 is 0. The van der Waals surface area contributed by atoms with Crippen LogP contribution in [0.2, 0.25) is 0 Å². The van der Waals surface area contributed by atoms with Gasteiger partial charge in [-0.05, 0) is 87.1 Å². The Morgan fingerprint density at radius 3 is 2.69 bits per heavy atom. The number of nitrogens with zero attached hydrogens (tertiary/aromatic N) is 2. The molecule has 0 radical (unpaired) electrons. The number of aliphatic hydroxyl groups is 1. The Morgan fingerprint density at radius 1 is 1.08 bits per heavy atom. The third-order valence-corrected chi connectivity index (χ3v) is 9.17. The van der Waals surface area contributed by atoms with Gasteiger partial charge in [-0.2, -0.15) is 0 Å². The van der Waals surface area contributed by atoms with E-state index >= 15 is 0 Å². The molecule has 2 aliphatic heterocycles. The normalized spacial score (nSPS) is 28.9. The highest BCUT2D eigenvalue weighted by atomic mass is 16.5. The van der Waals surface area contributed by atoms with Crippen molar-refractivity contribution >= 4 is 11.7 Å². The number of rotatable bonds is 4. The van der Waals surface area contributed by atoms with Crippen molar-refractivity contribution in [1.82, 2.24) is 15.2 Å². The van der Waals surface area contributed by atoms with Crippen LogP contribution in [0.5, 0.6) is 0 Å². The van der Waals surface area contributed by atoms with Crippen LogP contribution in [-0.4, -0.2) is 65.4 Å². The number of ether oxygens (including phenoxy) is 1. The summed E-state index contributed by atoms with van der Waals surface area (Å²) in [5.74, 6) is 0.0777. The zero-order valence-corrected chi connectivity index (χ0v) is 21.0. The summed E-state index contributed by atoms with van der Waals surface area (Å²) in [6, 6.07) is 9.45. The van der Waals surface area contributed by atoms with Gasteiger partial charge >= 0.3 is 0 Å². The number of nitrogen functional groups attached to an aromatic ring is 1. The predicted molar refractivity (Wildman–Crippen MR) is 140 cm³/mol. The van der Waals surface area contributed by atoms with E-state index in [9.17, 15) is 9.90 Å². The topological polar surface area (TPSA) is 101 Å². The maximum Gasteiger partial charge on any atom is 0.255 e. The van der Waals surface area contributed by atoms with Crippen molar-refractivity contribution in [3.05, 3.63) is 47.2 Å². The molecule has 3 heterocycles. The van der Waals surface area contributed by atoms with Crippen LogP contribution in [0.4, 0.5) is 5.82 Å². The predicted octanol–water partition coefficient (Wildman–Crippen LogP) is 3.43. The number of aliphatic hydroxyl groups excluding tert-OH is 1. The lowest BCUT2D eigenvalue weighted by atomic mass is 9.80. The molecule has 1 saturated carbocycles. The van der Waals surface area contributed by atoms with Gasteiger partial charge in [0.1, 0.15) is 5.82 Å². The number of carbonyl (C=O) groups is 1. The van der Waals surface area contributed by atoms with Crippen molar-refractivity contribution in [3.63, 3.8) is 0 Å². The van der Waals surface area contributed by atoms with Gasteiger partial charge in [-0.1, -0.05) is 18.2 Å². The van der Waals surface area contributed by atoms with Crippen molar-refractivity contribution in [3.8, 4) is 11.1 Å². The van der Waals surface area contributed by atoms with Gasteiger partial charge in [-0.25, -0.2) is 4.98 Å². The summed E-state index contributed by atoms with van der Waals surface area (Å²) in [6.45, 7) is 4.14.